The summed E-state index contributed by atoms with van der Waals surface area (Å²) in [5.74, 6) is 0.260. The number of aryl methyl sites for hydroxylation is 1. The van der Waals surface area contributed by atoms with Crippen LogP contribution in [0.1, 0.15) is 56.6 Å². The van der Waals surface area contributed by atoms with Gasteiger partial charge in [-0.15, -0.1) is 0 Å². The molecular weight excluding hydrogens is 272 g/mol. The first-order valence-corrected chi connectivity index (χ1v) is 8.86. The van der Waals surface area contributed by atoms with Crippen molar-refractivity contribution in [3.8, 4) is 0 Å². The molecule has 3 nitrogen and oxygen atoms in total. The van der Waals surface area contributed by atoms with Gasteiger partial charge < -0.3 is 5.32 Å². The maximum atomic E-state index is 12.4. The van der Waals surface area contributed by atoms with Crippen molar-refractivity contribution in [3.05, 3.63) is 35.4 Å². The van der Waals surface area contributed by atoms with Crippen molar-refractivity contribution in [2.45, 2.75) is 64.0 Å². The molecule has 1 atom stereocenters. The van der Waals surface area contributed by atoms with Crippen molar-refractivity contribution in [3.63, 3.8) is 0 Å². The first-order chi connectivity index (χ1) is 10.7. The van der Waals surface area contributed by atoms with E-state index in [4.69, 9.17) is 0 Å². The topological polar surface area (TPSA) is 32.3 Å². The standard InChI is InChI=1S/C19H28N2O/c1-2-3-6-16-7-9-17(10-8-16)15-21-14-5-12-19(21)11-4-13-20-18(19)22/h7-10H,2-6,11-15H2,1H3,(H,20,22). The number of likely N-dealkylation sites (tertiary alicyclic amines) is 1. The van der Waals surface area contributed by atoms with E-state index >= 15 is 0 Å². The highest BCUT2D eigenvalue weighted by Crippen LogP contribution is 2.36. The number of nitrogens with one attached hydrogen (secondary N) is 1. The number of unbranched alkanes of at least 4 members (excludes halogenated alkanes) is 1. The minimum Gasteiger partial charge on any atom is -0.354 e. The van der Waals surface area contributed by atoms with Gasteiger partial charge in [-0.2, -0.15) is 0 Å². The Balaban J connectivity index is 1.68. The molecule has 2 aliphatic heterocycles. The Labute approximate surface area is 134 Å². The largest absolute Gasteiger partial charge is 0.354 e. The monoisotopic (exact) mass is 300 g/mol. The van der Waals surface area contributed by atoms with Crippen LogP contribution in [0.5, 0.6) is 0 Å². The third kappa shape index (κ3) is 3.05. The van der Waals surface area contributed by atoms with E-state index in [1.54, 1.807) is 0 Å². The van der Waals surface area contributed by atoms with Crippen LogP contribution in [0.2, 0.25) is 0 Å². The van der Waals surface area contributed by atoms with Crippen LogP contribution in [0.25, 0.3) is 0 Å². The summed E-state index contributed by atoms with van der Waals surface area (Å²) in [7, 11) is 0. The lowest BCUT2D eigenvalue weighted by atomic mass is 9.86. The quantitative estimate of drug-likeness (QED) is 0.905. The first-order valence-electron chi connectivity index (χ1n) is 8.86. The number of nitrogens with zero attached hydrogens (tertiary/aromatic N) is 1. The Morgan fingerprint density at radius 3 is 2.59 bits per heavy atom. The number of benzene rings is 1. The van der Waals surface area contributed by atoms with Gasteiger partial charge in [-0.3, -0.25) is 9.69 Å². The van der Waals surface area contributed by atoms with E-state index in [1.807, 2.05) is 0 Å². The molecule has 1 amide bonds. The first kappa shape index (κ1) is 15.5. The van der Waals surface area contributed by atoms with Crippen LogP contribution < -0.4 is 5.32 Å². The van der Waals surface area contributed by atoms with Gasteiger partial charge >= 0.3 is 0 Å². The zero-order chi connectivity index (χ0) is 15.4. The van der Waals surface area contributed by atoms with Crippen LogP contribution in [0, 0.1) is 0 Å². The van der Waals surface area contributed by atoms with Crippen molar-refractivity contribution in [1.29, 1.82) is 0 Å². The minimum absolute atomic E-state index is 0.223. The van der Waals surface area contributed by atoms with Crippen LogP contribution in [0.15, 0.2) is 24.3 Å². The molecule has 2 saturated heterocycles. The summed E-state index contributed by atoms with van der Waals surface area (Å²) in [6.07, 6.45) is 7.97. The summed E-state index contributed by atoms with van der Waals surface area (Å²) in [4.78, 5) is 14.9. The second kappa shape index (κ2) is 6.82. The van der Waals surface area contributed by atoms with Crippen LogP contribution in [0.3, 0.4) is 0 Å². The van der Waals surface area contributed by atoms with Gasteiger partial charge in [-0.25, -0.2) is 0 Å². The smallest absolute Gasteiger partial charge is 0.240 e. The Hall–Kier alpha value is -1.35. The van der Waals surface area contributed by atoms with Gasteiger partial charge in [0.1, 0.15) is 5.54 Å². The number of carbonyl (C=O) groups excluding carboxylic acids is 1. The molecule has 0 radical (unpaired) electrons. The number of hydrogen-bond donors (Lipinski definition) is 1. The van der Waals surface area contributed by atoms with E-state index in [2.05, 4.69) is 41.4 Å². The van der Waals surface area contributed by atoms with E-state index in [0.29, 0.717) is 0 Å². The molecule has 2 heterocycles. The van der Waals surface area contributed by atoms with E-state index in [9.17, 15) is 4.79 Å². The average Bonchev–Trinajstić information content (AvgIpc) is 2.93. The highest BCUT2D eigenvalue weighted by atomic mass is 16.2. The summed E-state index contributed by atoms with van der Waals surface area (Å²) in [6.45, 7) is 5.03. The third-order valence-corrected chi connectivity index (χ3v) is 5.31. The molecule has 1 aromatic carbocycles. The molecule has 1 aromatic rings. The Morgan fingerprint density at radius 2 is 1.86 bits per heavy atom. The van der Waals surface area contributed by atoms with Crippen LogP contribution in [0.4, 0.5) is 0 Å². The lowest BCUT2D eigenvalue weighted by Gasteiger charge is -2.40. The van der Waals surface area contributed by atoms with Crippen LogP contribution >= 0.6 is 0 Å². The zero-order valence-electron chi connectivity index (χ0n) is 13.7. The van der Waals surface area contributed by atoms with Gasteiger partial charge in [0.25, 0.3) is 0 Å². The molecule has 2 fully saturated rings. The van der Waals surface area contributed by atoms with Crippen molar-refractivity contribution in [1.82, 2.24) is 10.2 Å². The molecule has 1 N–H and O–H groups in total. The summed E-state index contributed by atoms with van der Waals surface area (Å²) >= 11 is 0. The highest BCUT2D eigenvalue weighted by Gasteiger charge is 2.47. The van der Waals surface area contributed by atoms with Crippen molar-refractivity contribution in [2.24, 2.45) is 0 Å². The lowest BCUT2D eigenvalue weighted by molar-refractivity contribution is -0.134. The van der Waals surface area contributed by atoms with E-state index in [1.165, 1.54) is 30.4 Å². The Bertz CT molecular complexity index is 511. The predicted octanol–water partition coefficient (Wildman–Crippen LogP) is 3.27. The summed E-state index contributed by atoms with van der Waals surface area (Å²) < 4.78 is 0. The van der Waals surface area contributed by atoms with Crippen molar-refractivity contribution in [2.75, 3.05) is 13.1 Å². The number of carbonyl (C=O) groups is 1. The highest BCUT2D eigenvalue weighted by molar-refractivity contribution is 5.87. The second-order valence-corrected chi connectivity index (χ2v) is 6.84. The van der Waals surface area contributed by atoms with Crippen LogP contribution in [-0.2, 0) is 17.8 Å². The molecule has 1 spiro atoms. The zero-order valence-corrected chi connectivity index (χ0v) is 13.7. The van der Waals surface area contributed by atoms with Crippen molar-refractivity contribution >= 4 is 5.91 Å². The summed E-state index contributed by atoms with van der Waals surface area (Å²) in [5.41, 5.74) is 2.54. The van der Waals surface area contributed by atoms with Crippen molar-refractivity contribution < 1.29 is 4.79 Å². The third-order valence-electron chi connectivity index (χ3n) is 5.31. The molecule has 0 saturated carbocycles. The second-order valence-electron chi connectivity index (χ2n) is 6.84. The fourth-order valence-electron chi connectivity index (χ4n) is 3.98. The predicted molar refractivity (Wildman–Crippen MR) is 89.7 cm³/mol. The molecule has 0 bridgehead atoms. The van der Waals surface area contributed by atoms with E-state index in [-0.39, 0.29) is 11.4 Å². The minimum atomic E-state index is -0.223. The van der Waals surface area contributed by atoms with Gasteiger partial charge in [-0.05, 0) is 56.2 Å². The maximum absolute atomic E-state index is 12.4. The van der Waals surface area contributed by atoms with Crippen LogP contribution in [-0.4, -0.2) is 29.4 Å². The van der Waals surface area contributed by atoms with E-state index in [0.717, 1.165) is 45.3 Å². The molecule has 22 heavy (non-hydrogen) atoms. The fraction of sp³-hybridized carbons (Fsp3) is 0.632. The lowest BCUT2D eigenvalue weighted by Crippen LogP contribution is -2.58. The molecular formula is C19H28N2O. The number of rotatable bonds is 5. The SMILES string of the molecule is CCCCc1ccc(CN2CCCC23CCCNC3=O)cc1. The Kier molecular flexibility index (Phi) is 4.82. The van der Waals surface area contributed by atoms with Gasteiger partial charge in [-0.1, -0.05) is 37.6 Å². The molecule has 3 heteroatoms. The molecule has 3 rings (SSSR count). The summed E-state index contributed by atoms with van der Waals surface area (Å²) in [6, 6.07) is 9.01. The molecule has 1 unspecified atom stereocenters. The number of amides is 1. The van der Waals surface area contributed by atoms with Gasteiger partial charge in [0, 0.05) is 13.1 Å². The number of hydrogen-bond acceptors (Lipinski definition) is 2. The molecule has 0 aromatic heterocycles. The Morgan fingerprint density at radius 1 is 1.14 bits per heavy atom. The van der Waals surface area contributed by atoms with Gasteiger partial charge in [0.15, 0.2) is 0 Å². The van der Waals surface area contributed by atoms with Gasteiger partial charge in [0.05, 0.1) is 0 Å². The molecule has 120 valence electrons. The normalized spacial score (nSPS) is 25.6. The number of piperidine rings is 1. The average molecular weight is 300 g/mol. The molecule has 0 aliphatic carbocycles. The van der Waals surface area contributed by atoms with E-state index < -0.39 is 0 Å². The maximum Gasteiger partial charge on any atom is 0.240 e. The summed E-state index contributed by atoms with van der Waals surface area (Å²) in [5, 5.41) is 3.08. The fourth-order valence-corrected chi connectivity index (χ4v) is 3.98. The molecule has 2 aliphatic rings. The van der Waals surface area contributed by atoms with Gasteiger partial charge in [0.2, 0.25) is 5.91 Å².